The molecule has 20 heavy (non-hydrogen) atoms. The van der Waals surface area contributed by atoms with Gasteiger partial charge < -0.3 is 4.98 Å². The highest BCUT2D eigenvalue weighted by molar-refractivity contribution is 7.99. The molecule has 7 heteroatoms. The van der Waals surface area contributed by atoms with Crippen LogP contribution in [0.2, 0.25) is 5.02 Å². The molecule has 3 rings (SSSR count). The monoisotopic (exact) mass is 306 g/mol. The van der Waals surface area contributed by atoms with Crippen molar-refractivity contribution in [1.82, 2.24) is 19.7 Å². The summed E-state index contributed by atoms with van der Waals surface area (Å²) in [5, 5.41) is 5.90. The number of nitrogens with one attached hydrogen (secondary N) is 1. The van der Waals surface area contributed by atoms with E-state index in [2.05, 4.69) is 15.1 Å². The van der Waals surface area contributed by atoms with Crippen molar-refractivity contribution in [3.05, 3.63) is 45.8 Å². The van der Waals surface area contributed by atoms with Crippen LogP contribution in [0.25, 0.3) is 16.7 Å². The maximum absolute atomic E-state index is 12.0. The first-order chi connectivity index (χ1) is 9.69. The Bertz CT molecular complexity index is 827. The van der Waals surface area contributed by atoms with Gasteiger partial charge >= 0.3 is 0 Å². The molecule has 0 bridgehead atoms. The molecule has 0 saturated carbocycles. The van der Waals surface area contributed by atoms with Crippen LogP contribution in [0.1, 0.15) is 6.92 Å². The number of benzene rings is 1. The summed E-state index contributed by atoms with van der Waals surface area (Å²) in [5.74, 6) is 0.833. The van der Waals surface area contributed by atoms with Gasteiger partial charge in [0.1, 0.15) is 5.39 Å². The molecule has 5 nitrogen and oxygen atoms in total. The number of aromatic nitrogens is 4. The zero-order valence-corrected chi connectivity index (χ0v) is 12.2. The molecular weight excluding hydrogens is 296 g/mol. The van der Waals surface area contributed by atoms with Crippen molar-refractivity contribution in [1.29, 1.82) is 0 Å². The molecule has 3 aromatic rings. The van der Waals surface area contributed by atoms with Crippen LogP contribution in [0.5, 0.6) is 0 Å². The minimum absolute atomic E-state index is 0.181. The van der Waals surface area contributed by atoms with E-state index in [0.717, 1.165) is 11.4 Å². The number of halogens is 1. The third kappa shape index (κ3) is 2.32. The number of thioether (sulfide) groups is 1. The average molecular weight is 307 g/mol. The van der Waals surface area contributed by atoms with Gasteiger partial charge in [0.25, 0.3) is 5.56 Å². The Kier molecular flexibility index (Phi) is 3.50. The summed E-state index contributed by atoms with van der Waals surface area (Å²) in [7, 11) is 0. The highest BCUT2D eigenvalue weighted by Crippen LogP contribution is 2.19. The van der Waals surface area contributed by atoms with E-state index in [4.69, 9.17) is 11.6 Å². The fourth-order valence-corrected chi connectivity index (χ4v) is 2.67. The summed E-state index contributed by atoms with van der Waals surface area (Å²) in [6.45, 7) is 2.00. The number of hydrogen-bond donors (Lipinski definition) is 1. The van der Waals surface area contributed by atoms with E-state index in [-0.39, 0.29) is 5.56 Å². The van der Waals surface area contributed by atoms with Gasteiger partial charge in [-0.1, -0.05) is 36.4 Å². The summed E-state index contributed by atoms with van der Waals surface area (Å²) in [4.78, 5) is 19.2. The minimum Gasteiger partial charge on any atom is -0.301 e. The van der Waals surface area contributed by atoms with Gasteiger partial charge in [-0.3, -0.25) is 4.79 Å². The van der Waals surface area contributed by atoms with Gasteiger partial charge in [0, 0.05) is 5.02 Å². The molecule has 0 aliphatic rings. The molecule has 1 N–H and O–H groups in total. The lowest BCUT2D eigenvalue weighted by atomic mass is 10.3. The largest absolute Gasteiger partial charge is 0.301 e. The van der Waals surface area contributed by atoms with Crippen molar-refractivity contribution in [2.45, 2.75) is 12.1 Å². The van der Waals surface area contributed by atoms with E-state index < -0.39 is 0 Å². The first-order valence-electron chi connectivity index (χ1n) is 6.06. The molecule has 0 amide bonds. The van der Waals surface area contributed by atoms with E-state index >= 15 is 0 Å². The molecule has 0 aliphatic carbocycles. The van der Waals surface area contributed by atoms with Crippen LogP contribution < -0.4 is 5.56 Å². The Labute approximate surface area is 124 Å². The number of H-pyrrole nitrogens is 1. The molecule has 0 atom stereocenters. The summed E-state index contributed by atoms with van der Waals surface area (Å²) in [5.41, 5.74) is 1.13. The van der Waals surface area contributed by atoms with Crippen LogP contribution in [-0.4, -0.2) is 25.5 Å². The van der Waals surface area contributed by atoms with Crippen molar-refractivity contribution < 1.29 is 0 Å². The quantitative estimate of drug-likeness (QED) is 0.597. The van der Waals surface area contributed by atoms with Gasteiger partial charge in [-0.25, -0.2) is 9.67 Å². The SMILES string of the molecule is CCSc1nc2c(cnn2-c2cccc(Cl)c2)c(=O)[nH]1. The second-order valence-electron chi connectivity index (χ2n) is 4.08. The Hall–Kier alpha value is -1.79. The van der Waals surface area contributed by atoms with Crippen LogP contribution in [0.3, 0.4) is 0 Å². The predicted molar refractivity (Wildman–Crippen MR) is 80.9 cm³/mol. The predicted octanol–water partition coefficient (Wildman–Crippen LogP) is 2.87. The van der Waals surface area contributed by atoms with E-state index in [1.165, 1.54) is 18.0 Å². The first-order valence-corrected chi connectivity index (χ1v) is 7.42. The lowest BCUT2D eigenvalue weighted by Crippen LogP contribution is -2.09. The maximum atomic E-state index is 12.0. The molecule has 0 unspecified atom stereocenters. The summed E-state index contributed by atoms with van der Waals surface area (Å²) in [6.07, 6.45) is 1.52. The van der Waals surface area contributed by atoms with Crippen LogP contribution >= 0.6 is 23.4 Å². The van der Waals surface area contributed by atoms with Gasteiger partial charge in [0.2, 0.25) is 0 Å². The van der Waals surface area contributed by atoms with Gasteiger partial charge in [0.15, 0.2) is 10.8 Å². The fourth-order valence-electron chi connectivity index (χ4n) is 1.90. The Morgan fingerprint density at radius 3 is 3.05 bits per heavy atom. The van der Waals surface area contributed by atoms with Crippen LogP contribution in [-0.2, 0) is 0 Å². The van der Waals surface area contributed by atoms with E-state index in [1.807, 2.05) is 19.1 Å². The van der Waals surface area contributed by atoms with Gasteiger partial charge in [0.05, 0.1) is 11.9 Å². The molecule has 0 aliphatic heterocycles. The fraction of sp³-hybridized carbons (Fsp3) is 0.154. The third-order valence-corrected chi connectivity index (χ3v) is 3.74. The molecule has 0 spiro atoms. The van der Waals surface area contributed by atoms with Crippen molar-refractivity contribution >= 4 is 34.4 Å². The lowest BCUT2D eigenvalue weighted by molar-refractivity contribution is 0.873. The van der Waals surface area contributed by atoms with Gasteiger partial charge in [-0.2, -0.15) is 5.10 Å². The summed E-state index contributed by atoms with van der Waals surface area (Å²) in [6, 6.07) is 7.27. The number of hydrogen-bond acceptors (Lipinski definition) is 4. The van der Waals surface area contributed by atoms with Crippen molar-refractivity contribution in [2.75, 3.05) is 5.75 Å². The zero-order valence-electron chi connectivity index (χ0n) is 10.6. The maximum Gasteiger partial charge on any atom is 0.262 e. The number of nitrogens with zero attached hydrogens (tertiary/aromatic N) is 3. The molecule has 102 valence electrons. The molecule has 2 heterocycles. The number of aromatic amines is 1. The molecular formula is C13H11ClN4OS. The highest BCUT2D eigenvalue weighted by atomic mass is 35.5. The molecule has 2 aromatic heterocycles. The topological polar surface area (TPSA) is 63.6 Å². The summed E-state index contributed by atoms with van der Waals surface area (Å²) < 4.78 is 1.62. The van der Waals surface area contributed by atoms with Crippen molar-refractivity contribution in [3.63, 3.8) is 0 Å². The van der Waals surface area contributed by atoms with Crippen LogP contribution in [0.15, 0.2) is 40.4 Å². The molecule has 0 radical (unpaired) electrons. The molecule has 0 saturated heterocycles. The van der Waals surface area contributed by atoms with Gasteiger partial charge in [-0.05, 0) is 24.0 Å². The Morgan fingerprint density at radius 1 is 1.45 bits per heavy atom. The third-order valence-electron chi connectivity index (χ3n) is 2.75. The Balaban J connectivity index is 2.24. The van der Waals surface area contributed by atoms with Crippen LogP contribution in [0, 0.1) is 0 Å². The smallest absolute Gasteiger partial charge is 0.262 e. The minimum atomic E-state index is -0.181. The Morgan fingerprint density at radius 2 is 2.30 bits per heavy atom. The zero-order chi connectivity index (χ0) is 14.1. The van der Waals surface area contributed by atoms with Crippen molar-refractivity contribution in [2.24, 2.45) is 0 Å². The summed E-state index contributed by atoms with van der Waals surface area (Å²) >= 11 is 7.47. The van der Waals surface area contributed by atoms with E-state index in [9.17, 15) is 4.79 Å². The highest BCUT2D eigenvalue weighted by Gasteiger charge is 2.11. The van der Waals surface area contributed by atoms with E-state index in [1.54, 1.807) is 16.8 Å². The standard InChI is InChI=1S/C13H11ClN4OS/c1-2-20-13-16-11-10(12(19)17-13)7-15-18(11)9-5-3-4-8(14)6-9/h3-7H,2H2,1H3,(H,16,17,19). The van der Waals surface area contributed by atoms with Crippen molar-refractivity contribution in [3.8, 4) is 5.69 Å². The lowest BCUT2D eigenvalue weighted by Gasteiger charge is -2.04. The molecule has 1 aromatic carbocycles. The van der Waals surface area contributed by atoms with Gasteiger partial charge in [-0.15, -0.1) is 0 Å². The van der Waals surface area contributed by atoms with Crippen LogP contribution in [0.4, 0.5) is 0 Å². The normalized spacial score (nSPS) is 11.1. The number of fused-ring (bicyclic) bond motifs is 1. The number of rotatable bonds is 3. The molecule has 0 fully saturated rings. The van der Waals surface area contributed by atoms with E-state index in [0.29, 0.717) is 21.2 Å². The average Bonchev–Trinajstić information content (AvgIpc) is 2.83. The second kappa shape index (κ2) is 5.30. The second-order valence-corrected chi connectivity index (χ2v) is 5.77. The first kappa shape index (κ1) is 13.2.